The van der Waals surface area contributed by atoms with Crippen LogP contribution in [-0.4, -0.2) is 46.7 Å². The van der Waals surface area contributed by atoms with Crippen LogP contribution in [0.2, 0.25) is 0 Å². The number of fused-ring (bicyclic) bond motifs is 1. The molecule has 2 heterocycles. The molecule has 0 aliphatic rings. The molecule has 2 aromatic heterocycles. The van der Waals surface area contributed by atoms with Crippen molar-refractivity contribution in [2.75, 3.05) is 17.6 Å². The number of nitrogens with two attached hydrogens (primary N) is 2. The summed E-state index contributed by atoms with van der Waals surface area (Å²) in [7, 11) is -4.29. The molecule has 0 fully saturated rings. The highest BCUT2D eigenvalue weighted by atomic mass is 31.2. The number of aromatic nitrogens is 4. The van der Waals surface area contributed by atoms with Gasteiger partial charge in [0.15, 0.2) is 11.5 Å². The van der Waals surface area contributed by atoms with Crippen LogP contribution >= 0.6 is 7.60 Å². The van der Waals surface area contributed by atoms with E-state index >= 15 is 0 Å². The first-order chi connectivity index (χ1) is 8.76. The van der Waals surface area contributed by atoms with E-state index in [2.05, 4.69) is 15.0 Å². The highest BCUT2D eigenvalue weighted by Gasteiger charge is 2.21. The molecular weight excluding hydrogens is 275 g/mol. The van der Waals surface area contributed by atoms with E-state index in [9.17, 15) is 9.67 Å². The van der Waals surface area contributed by atoms with Gasteiger partial charge < -0.3 is 30.9 Å². The molecule has 2 aromatic rings. The lowest BCUT2D eigenvalue weighted by Gasteiger charge is -2.12. The molecule has 0 amide bonds. The monoisotopic (exact) mass is 288 g/mol. The number of imidazole rings is 1. The highest BCUT2D eigenvalue weighted by Crippen LogP contribution is 2.35. The molecule has 0 saturated carbocycles. The van der Waals surface area contributed by atoms with Gasteiger partial charge in [-0.25, -0.2) is 4.98 Å². The molecule has 0 radical (unpaired) electrons. The standard InChI is InChI=1S/C8H13N6O4P/c9-6-5-7(13-8(10)12-6)14(3-11-5)1-4(15)2-19(16,17)18/h3-4,15H,1-2H2,(H2,16,17,18)(H4,9,10,12,13)/t4-/m1/s1. The summed E-state index contributed by atoms with van der Waals surface area (Å²) in [6.07, 6.45) is -0.545. The van der Waals surface area contributed by atoms with Gasteiger partial charge in [0, 0.05) is 0 Å². The second-order valence-corrected chi connectivity index (χ2v) is 5.73. The summed E-state index contributed by atoms with van der Waals surface area (Å²) in [5, 5.41) is 9.61. The molecule has 10 nitrogen and oxygen atoms in total. The molecule has 19 heavy (non-hydrogen) atoms. The van der Waals surface area contributed by atoms with Crippen molar-refractivity contribution in [2.24, 2.45) is 0 Å². The Balaban J connectivity index is 2.29. The van der Waals surface area contributed by atoms with E-state index in [1.165, 1.54) is 10.9 Å². The first-order valence-corrected chi connectivity index (χ1v) is 7.02. The third kappa shape index (κ3) is 3.18. The summed E-state index contributed by atoms with van der Waals surface area (Å²) in [4.78, 5) is 29.2. The smallest absolute Gasteiger partial charge is 0.328 e. The predicted molar refractivity (Wildman–Crippen MR) is 67.1 cm³/mol. The number of aliphatic hydroxyl groups excluding tert-OH is 1. The van der Waals surface area contributed by atoms with Gasteiger partial charge in [-0.2, -0.15) is 9.97 Å². The zero-order chi connectivity index (χ0) is 14.2. The minimum Gasteiger partial charge on any atom is -0.391 e. The fraction of sp³-hybridized carbons (Fsp3) is 0.375. The molecule has 0 saturated heterocycles. The lowest BCUT2D eigenvalue weighted by atomic mass is 10.4. The molecule has 2 rings (SSSR count). The van der Waals surface area contributed by atoms with Gasteiger partial charge in [-0.05, 0) is 0 Å². The molecule has 0 bridgehead atoms. The Morgan fingerprint density at radius 2 is 2.05 bits per heavy atom. The number of anilines is 2. The molecule has 11 heteroatoms. The maximum atomic E-state index is 10.8. The summed E-state index contributed by atoms with van der Waals surface area (Å²) < 4.78 is 12.2. The summed E-state index contributed by atoms with van der Waals surface area (Å²) >= 11 is 0. The van der Waals surface area contributed by atoms with E-state index in [4.69, 9.17) is 21.3 Å². The van der Waals surface area contributed by atoms with Crippen LogP contribution in [0.15, 0.2) is 6.33 Å². The van der Waals surface area contributed by atoms with Gasteiger partial charge in [0.25, 0.3) is 0 Å². The molecule has 7 N–H and O–H groups in total. The van der Waals surface area contributed by atoms with Crippen LogP contribution in [0.5, 0.6) is 0 Å². The molecule has 0 unspecified atom stereocenters. The van der Waals surface area contributed by atoms with Crippen molar-refractivity contribution < 1.29 is 19.5 Å². The Labute approximate surface area is 107 Å². The van der Waals surface area contributed by atoms with Crippen molar-refractivity contribution in [3.8, 4) is 0 Å². The highest BCUT2D eigenvalue weighted by molar-refractivity contribution is 7.51. The number of nitrogens with zero attached hydrogens (tertiary/aromatic N) is 4. The van der Waals surface area contributed by atoms with E-state index in [1.807, 2.05) is 0 Å². The zero-order valence-electron chi connectivity index (χ0n) is 9.71. The number of rotatable bonds is 4. The van der Waals surface area contributed by atoms with Gasteiger partial charge in [-0.1, -0.05) is 0 Å². The van der Waals surface area contributed by atoms with E-state index in [0.717, 1.165) is 0 Å². The Kier molecular flexibility index (Phi) is 3.42. The summed E-state index contributed by atoms with van der Waals surface area (Å²) in [5.41, 5.74) is 11.7. The van der Waals surface area contributed by atoms with Crippen LogP contribution in [0.4, 0.5) is 11.8 Å². The minimum absolute atomic E-state index is 0.0452. The Morgan fingerprint density at radius 1 is 1.37 bits per heavy atom. The predicted octanol–water partition coefficient (Wildman–Crippen LogP) is -1.47. The Bertz CT molecular complexity index is 652. The number of hydrogen-bond donors (Lipinski definition) is 5. The van der Waals surface area contributed by atoms with E-state index in [1.54, 1.807) is 0 Å². The first-order valence-electron chi connectivity index (χ1n) is 5.23. The van der Waals surface area contributed by atoms with Crippen molar-refractivity contribution in [1.29, 1.82) is 0 Å². The molecule has 0 aromatic carbocycles. The third-order valence-corrected chi connectivity index (χ3v) is 3.26. The second kappa shape index (κ2) is 4.74. The number of nitrogen functional groups attached to an aromatic ring is 2. The van der Waals surface area contributed by atoms with Crippen molar-refractivity contribution in [1.82, 2.24) is 19.5 Å². The lowest BCUT2D eigenvalue weighted by Crippen LogP contribution is -2.20. The topological polar surface area (TPSA) is 173 Å². The molecule has 0 aliphatic heterocycles. The summed E-state index contributed by atoms with van der Waals surface area (Å²) in [6.45, 7) is -0.0858. The summed E-state index contributed by atoms with van der Waals surface area (Å²) in [5.74, 6) is 0.0574. The van der Waals surface area contributed by atoms with E-state index in [0.29, 0.717) is 11.2 Å². The molecule has 1 atom stereocenters. The van der Waals surface area contributed by atoms with Crippen LogP contribution in [-0.2, 0) is 11.1 Å². The largest absolute Gasteiger partial charge is 0.391 e. The minimum atomic E-state index is -4.29. The fourth-order valence-corrected chi connectivity index (χ4v) is 2.34. The molecular formula is C8H13N6O4P. The van der Waals surface area contributed by atoms with Crippen molar-refractivity contribution >= 4 is 30.5 Å². The zero-order valence-corrected chi connectivity index (χ0v) is 10.6. The van der Waals surface area contributed by atoms with E-state index in [-0.39, 0.29) is 18.3 Å². The van der Waals surface area contributed by atoms with Crippen LogP contribution in [0, 0.1) is 0 Å². The van der Waals surface area contributed by atoms with Crippen molar-refractivity contribution in [3.05, 3.63) is 6.33 Å². The molecule has 0 spiro atoms. The average Bonchev–Trinajstić information content (AvgIpc) is 2.58. The third-order valence-electron chi connectivity index (χ3n) is 2.36. The Morgan fingerprint density at radius 3 is 2.68 bits per heavy atom. The van der Waals surface area contributed by atoms with Gasteiger partial charge in [-0.3, -0.25) is 4.57 Å². The van der Waals surface area contributed by atoms with Gasteiger partial charge >= 0.3 is 7.60 Å². The summed E-state index contributed by atoms with van der Waals surface area (Å²) in [6, 6.07) is 0. The van der Waals surface area contributed by atoms with Crippen molar-refractivity contribution in [2.45, 2.75) is 12.6 Å². The van der Waals surface area contributed by atoms with Gasteiger partial charge in [-0.15, -0.1) is 0 Å². The quantitative estimate of drug-likeness (QED) is 0.420. The van der Waals surface area contributed by atoms with E-state index < -0.39 is 19.9 Å². The first kappa shape index (κ1) is 13.7. The average molecular weight is 288 g/mol. The second-order valence-electron chi connectivity index (χ2n) is 4.04. The Hall–Kier alpha value is -1.74. The maximum absolute atomic E-state index is 10.8. The van der Waals surface area contributed by atoms with Crippen LogP contribution in [0.3, 0.4) is 0 Å². The number of aliphatic hydroxyl groups is 1. The normalized spacial score (nSPS) is 13.8. The van der Waals surface area contributed by atoms with Gasteiger partial charge in [0.05, 0.1) is 25.1 Å². The maximum Gasteiger partial charge on any atom is 0.328 e. The van der Waals surface area contributed by atoms with Crippen LogP contribution < -0.4 is 11.5 Å². The molecule has 0 aliphatic carbocycles. The van der Waals surface area contributed by atoms with Crippen molar-refractivity contribution in [3.63, 3.8) is 0 Å². The number of hydrogen-bond acceptors (Lipinski definition) is 7. The van der Waals surface area contributed by atoms with Crippen LogP contribution in [0.1, 0.15) is 0 Å². The van der Waals surface area contributed by atoms with Gasteiger partial charge in [0.1, 0.15) is 5.52 Å². The molecule has 104 valence electrons. The van der Waals surface area contributed by atoms with Crippen LogP contribution in [0.25, 0.3) is 11.2 Å². The SMILES string of the molecule is Nc1nc(N)c2ncn(C[C@@H](O)CP(=O)(O)O)c2n1. The fourth-order valence-electron chi connectivity index (χ4n) is 1.68. The van der Waals surface area contributed by atoms with Gasteiger partial charge in [0.2, 0.25) is 5.95 Å². The lowest BCUT2D eigenvalue weighted by molar-refractivity contribution is 0.169.